The minimum Gasteiger partial charge on any atom is -0.383 e. The number of anilines is 1. The van der Waals surface area contributed by atoms with Gasteiger partial charge in [-0.05, 0) is 66.4 Å². The molecule has 2 amide bonds. The van der Waals surface area contributed by atoms with Gasteiger partial charge in [-0.2, -0.15) is 0 Å². The number of fused-ring (bicyclic) bond motifs is 1. The number of carbonyl (C=O) groups is 2. The molecule has 1 aliphatic carbocycles. The molecule has 3 rings (SSSR count). The summed E-state index contributed by atoms with van der Waals surface area (Å²) in [6.45, 7) is 4.22. The van der Waals surface area contributed by atoms with Gasteiger partial charge in [0.15, 0.2) is 5.78 Å². The van der Waals surface area contributed by atoms with Gasteiger partial charge < -0.3 is 10.6 Å². The molecule has 0 aromatic heterocycles. The Bertz CT molecular complexity index is 990. The van der Waals surface area contributed by atoms with Crippen LogP contribution in [0.4, 0.5) is 10.5 Å². The van der Waals surface area contributed by atoms with Crippen molar-refractivity contribution in [3.05, 3.63) is 59.3 Å². The first-order valence-corrected chi connectivity index (χ1v) is 10.4. The van der Waals surface area contributed by atoms with Crippen molar-refractivity contribution in [3.63, 3.8) is 0 Å². The molecule has 1 aliphatic heterocycles. The maximum absolute atomic E-state index is 12.4. The van der Waals surface area contributed by atoms with Crippen molar-refractivity contribution >= 4 is 33.1 Å². The SMILES string of the molecule is C=C(C1=CC=CNCC1=O)c1cc2c(cc1NC(=O)NS(C)(=O)=O)CCC2. The van der Waals surface area contributed by atoms with Crippen LogP contribution < -0.4 is 15.4 Å². The van der Waals surface area contributed by atoms with Crippen molar-refractivity contribution in [3.8, 4) is 0 Å². The molecule has 0 spiro atoms. The second-order valence-electron chi connectivity index (χ2n) is 6.57. The quantitative estimate of drug-likeness (QED) is 0.732. The van der Waals surface area contributed by atoms with E-state index in [0.29, 0.717) is 22.4 Å². The van der Waals surface area contributed by atoms with Gasteiger partial charge in [0.2, 0.25) is 10.0 Å². The lowest BCUT2D eigenvalue weighted by molar-refractivity contribution is -0.114. The molecule has 2 aliphatic rings. The highest BCUT2D eigenvalue weighted by atomic mass is 32.2. The van der Waals surface area contributed by atoms with E-state index in [2.05, 4.69) is 17.2 Å². The number of rotatable bonds is 4. The lowest BCUT2D eigenvalue weighted by Crippen LogP contribution is -2.33. The maximum atomic E-state index is 12.4. The average molecular weight is 387 g/mol. The molecule has 0 atom stereocenters. The first-order chi connectivity index (χ1) is 12.7. The Kier molecular flexibility index (Phi) is 5.18. The van der Waals surface area contributed by atoms with E-state index in [9.17, 15) is 18.0 Å². The van der Waals surface area contributed by atoms with Crippen molar-refractivity contribution in [2.24, 2.45) is 0 Å². The number of carbonyl (C=O) groups excluding carboxylic acids is 2. The van der Waals surface area contributed by atoms with Gasteiger partial charge in [0.25, 0.3) is 0 Å². The predicted molar refractivity (Wildman–Crippen MR) is 105 cm³/mol. The summed E-state index contributed by atoms with van der Waals surface area (Å²) in [6, 6.07) is 2.91. The second-order valence-corrected chi connectivity index (χ2v) is 8.32. The fourth-order valence-corrected chi connectivity index (χ4v) is 3.65. The summed E-state index contributed by atoms with van der Waals surface area (Å²) < 4.78 is 24.5. The fourth-order valence-electron chi connectivity index (χ4n) is 3.26. The molecule has 0 bridgehead atoms. The van der Waals surface area contributed by atoms with Crippen LogP contribution in [0.25, 0.3) is 5.57 Å². The third kappa shape index (κ3) is 4.46. The standard InChI is InChI=1S/C19H21N3O4S/c1-12(15-7-4-8-20-11-18(15)23)16-9-13-5-3-6-14(13)10-17(16)21-19(24)22-27(2,25)26/h4,7-10,20H,1,3,5-6,11H2,2H3,(H2,21,22,24). The predicted octanol–water partition coefficient (Wildman–Crippen LogP) is 1.88. The Morgan fingerprint density at radius 1 is 1.22 bits per heavy atom. The van der Waals surface area contributed by atoms with Gasteiger partial charge in [-0.25, -0.2) is 17.9 Å². The molecule has 3 N–H and O–H groups in total. The normalized spacial score (nSPS) is 16.0. The minimum atomic E-state index is -3.69. The Hall–Kier alpha value is -2.87. The number of urea groups is 1. The van der Waals surface area contributed by atoms with Gasteiger partial charge in [0, 0.05) is 11.1 Å². The van der Waals surface area contributed by atoms with Gasteiger partial charge in [-0.1, -0.05) is 6.58 Å². The van der Waals surface area contributed by atoms with Crippen molar-refractivity contribution in [2.75, 3.05) is 18.1 Å². The Morgan fingerprint density at radius 2 is 1.93 bits per heavy atom. The minimum absolute atomic E-state index is 0.114. The van der Waals surface area contributed by atoms with E-state index in [0.717, 1.165) is 36.6 Å². The van der Waals surface area contributed by atoms with Gasteiger partial charge >= 0.3 is 6.03 Å². The number of hydrogen-bond acceptors (Lipinski definition) is 5. The summed E-state index contributed by atoms with van der Waals surface area (Å²) in [5, 5.41) is 5.46. The van der Waals surface area contributed by atoms with Crippen LogP contribution in [0, 0.1) is 0 Å². The summed E-state index contributed by atoms with van der Waals surface area (Å²) in [7, 11) is -3.69. The van der Waals surface area contributed by atoms with Crippen LogP contribution >= 0.6 is 0 Å². The van der Waals surface area contributed by atoms with E-state index in [1.807, 2.05) is 16.9 Å². The summed E-state index contributed by atoms with van der Waals surface area (Å²) >= 11 is 0. The van der Waals surface area contributed by atoms with E-state index in [1.165, 1.54) is 0 Å². The monoisotopic (exact) mass is 387 g/mol. The van der Waals surface area contributed by atoms with Crippen LogP contribution in [-0.2, 0) is 27.7 Å². The maximum Gasteiger partial charge on any atom is 0.332 e. The van der Waals surface area contributed by atoms with E-state index in [1.54, 1.807) is 18.4 Å². The molecule has 1 aromatic rings. The van der Waals surface area contributed by atoms with Crippen LogP contribution in [0.5, 0.6) is 0 Å². The zero-order valence-corrected chi connectivity index (χ0v) is 15.8. The summed E-state index contributed by atoms with van der Waals surface area (Å²) in [5.41, 5.74) is 4.21. The topological polar surface area (TPSA) is 104 Å². The number of sulfonamides is 1. The van der Waals surface area contributed by atoms with Gasteiger partial charge in [-0.15, -0.1) is 0 Å². The average Bonchev–Trinajstić information content (AvgIpc) is 2.91. The van der Waals surface area contributed by atoms with E-state index in [4.69, 9.17) is 0 Å². The lowest BCUT2D eigenvalue weighted by atomic mass is 9.92. The molecule has 0 saturated carbocycles. The number of allylic oxidation sites excluding steroid dienone is 3. The Labute approximate surface area is 158 Å². The van der Waals surface area contributed by atoms with E-state index in [-0.39, 0.29) is 12.3 Å². The highest BCUT2D eigenvalue weighted by molar-refractivity contribution is 7.89. The second kappa shape index (κ2) is 7.40. The smallest absolute Gasteiger partial charge is 0.332 e. The molecule has 7 nitrogen and oxygen atoms in total. The Morgan fingerprint density at radius 3 is 2.63 bits per heavy atom. The molecule has 8 heteroatoms. The largest absolute Gasteiger partial charge is 0.383 e. The van der Waals surface area contributed by atoms with Crippen molar-refractivity contribution < 1.29 is 18.0 Å². The summed E-state index contributed by atoms with van der Waals surface area (Å²) in [4.78, 5) is 24.4. The molecule has 0 fully saturated rings. The van der Waals surface area contributed by atoms with Crippen LogP contribution in [0.15, 0.2) is 42.6 Å². The van der Waals surface area contributed by atoms with Crippen LogP contribution in [0.2, 0.25) is 0 Å². The molecule has 1 aromatic carbocycles. The van der Waals surface area contributed by atoms with E-state index < -0.39 is 16.1 Å². The lowest BCUT2D eigenvalue weighted by Gasteiger charge is -2.17. The summed E-state index contributed by atoms with van der Waals surface area (Å²) in [6.07, 6.45) is 8.80. The highest BCUT2D eigenvalue weighted by Gasteiger charge is 2.22. The van der Waals surface area contributed by atoms with E-state index >= 15 is 0 Å². The zero-order valence-electron chi connectivity index (χ0n) is 15.0. The van der Waals surface area contributed by atoms with Crippen LogP contribution in [0.3, 0.4) is 0 Å². The van der Waals surface area contributed by atoms with Gasteiger partial charge in [-0.3, -0.25) is 4.79 Å². The fraction of sp³-hybridized carbons (Fsp3) is 0.263. The molecule has 0 saturated heterocycles. The molecular weight excluding hydrogens is 366 g/mol. The van der Waals surface area contributed by atoms with Crippen LogP contribution in [-0.4, -0.2) is 33.0 Å². The number of benzene rings is 1. The molecule has 0 unspecified atom stereocenters. The number of nitrogens with one attached hydrogen (secondary N) is 3. The van der Waals surface area contributed by atoms with Crippen molar-refractivity contribution in [1.29, 1.82) is 0 Å². The number of hydrogen-bond donors (Lipinski definition) is 3. The highest BCUT2D eigenvalue weighted by Crippen LogP contribution is 2.35. The zero-order chi connectivity index (χ0) is 19.6. The molecule has 142 valence electrons. The van der Waals surface area contributed by atoms with Crippen molar-refractivity contribution in [2.45, 2.75) is 19.3 Å². The first kappa shape index (κ1) is 18.9. The third-order valence-electron chi connectivity index (χ3n) is 4.45. The molecule has 1 heterocycles. The van der Waals surface area contributed by atoms with Crippen LogP contribution in [0.1, 0.15) is 23.1 Å². The number of aryl methyl sites for hydroxylation is 2. The summed E-state index contributed by atoms with van der Waals surface area (Å²) in [5.74, 6) is -0.114. The van der Waals surface area contributed by atoms with Gasteiger partial charge in [0.05, 0.1) is 18.5 Å². The van der Waals surface area contributed by atoms with Crippen molar-refractivity contribution in [1.82, 2.24) is 10.0 Å². The third-order valence-corrected chi connectivity index (χ3v) is 5.00. The molecular formula is C19H21N3O4S. The molecule has 0 radical (unpaired) electrons. The number of ketones is 1. The number of amides is 2. The van der Waals surface area contributed by atoms with Gasteiger partial charge in [0.1, 0.15) is 0 Å². The Balaban J connectivity index is 1.99. The number of Topliss-reactive ketones (excluding diaryl/α,β-unsaturated/α-hetero) is 1. The molecule has 27 heavy (non-hydrogen) atoms. The first-order valence-electron chi connectivity index (χ1n) is 8.52.